The average Bonchev–Trinajstić information content (AvgIpc) is 2.72. The van der Waals surface area contributed by atoms with E-state index in [9.17, 15) is 19.7 Å². The van der Waals surface area contributed by atoms with Gasteiger partial charge < -0.3 is 20.7 Å². The number of carbonyl (C=O) groups excluding carboxylic acids is 2. The van der Waals surface area contributed by atoms with Gasteiger partial charge in [0, 0.05) is 18.5 Å². The van der Waals surface area contributed by atoms with Crippen molar-refractivity contribution in [3.05, 3.63) is 70.0 Å². The third-order valence-corrected chi connectivity index (χ3v) is 3.61. The number of rotatable bonds is 8. The van der Waals surface area contributed by atoms with E-state index in [4.69, 9.17) is 10.0 Å². The summed E-state index contributed by atoms with van der Waals surface area (Å²) in [4.78, 5) is 39.0. The Hall–Kier alpha value is -3.31. The molecular weight excluding hydrogens is 403 g/mol. The van der Waals surface area contributed by atoms with Gasteiger partial charge in [-0.15, -0.1) is 0 Å². The molecule has 2 amide bonds. The van der Waals surface area contributed by atoms with Crippen molar-refractivity contribution in [1.29, 1.82) is 0 Å². The van der Waals surface area contributed by atoms with Gasteiger partial charge in [0.05, 0.1) is 35.0 Å². The summed E-state index contributed by atoms with van der Waals surface area (Å²) in [7, 11) is -1.73. The number of nitrogens with one attached hydrogen (secondary N) is 2. The zero-order valence-corrected chi connectivity index (χ0v) is 17.7. The smallest absolute Gasteiger partial charge is 0.426 e. The van der Waals surface area contributed by atoms with Crippen LogP contribution in [-0.2, 0) is 4.79 Å². The van der Waals surface area contributed by atoms with Crippen molar-refractivity contribution >= 4 is 24.6 Å². The van der Waals surface area contributed by atoms with Crippen LogP contribution in [0.2, 0.25) is 0 Å². The van der Waals surface area contributed by atoms with Gasteiger partial charge in [-0.3, -0.25) is 24.7 Å². The van der Waals surface area contributed by atoms with E-state index < -0.39 is 36.3 Å². The first-order valence-corrected chi connectivity index (χ1v) is 9.68. The minimum atomic E-state index is -1.73. The van der Waals surface area contributed by atoms with E-state index >= 15 is 0 Å². The Kier molecular flexibility index (Phi) is 10.9. The summed E-state index contributed by atoms with van der Waals surface area (Å²) >= 11 is 0. The van der Waals surface area contributed by atoms with Crippen molar-refractivity contribution in [3.8, 4) is 0 Å². The molecule has 2 aromatic rings. The lowest BCUT2D eigenvalue weighted by Crippen LogP contribution is -2.38. The van der Waals surface area contributed by atoms with Gasteiger partial charge in [0.2, 0.25) is 5.91 Å². The van der Waals surface area contributed by atoms with E-state index in [1.807, 2.05) is 0 Å². The molecule has 31 heavy (non-hydrogen) atoms. The fraction of sp³-hybridized carbons (Fsp3) is 0.350. The molecule has 0 bridgehead atoms. The zero-order valence-electron chi connectivity index (χ0n) is 17.7. The van der Waals surface area contributed by atoms with Crippen LogP contribution in [0.5, 0.6) is 0 Å². The molecule has 0 aliphatic heterocycles. The van der Waals surface area contributed by atoms with Crippen molar-refractivity contribution in [1.82, 2.24) is 15.6 Å². The molecule has 1 heterocycles. The number of hydrogen-bond donors (Lipinski definition) is 4. The standard InChI is InChI=1S/C16H17BN4O6.C4H10/c22-15(19-10-17(24)25)8-13(12-5-1-2-6-14(12)21(26)27)20-16(23)11-4-3-7-18-9-11;1-4(2)3/h1-7,9,13,24-25H,8,10H2,(H,19,22)(H,20,23);4H,1-3H3. The zero-order chi connectivity index (χ0) is 23.4. The Morgan fingerprint density at radius 2 is 1.81 bits per heavy atom. The van der Waals surface area contributed by atoms with Gasteiger partial charge in [-0.1, -0.05) is 39.0 Å². The summed E-state index contributed by atoms with van der Waals surface area (Å²) in [6.45, 7) is 6.50. The van der Waals surface area contributed by atoms with E-state index in [0.29, 0.717) is 0 Å². The third kappa shape index (κ3) is 9.83. The van der Waals surface area contributed by atoms with Gasteiger partial charge in [-0.2, -0.15) is 0 Å². The van der Waals surface area contributed by atoms with Crippen LogP contribution in [0.25, 0.3) is 0 Å². The Morgan fingerprint density at radius 3 is 2.35 bits per heavy atom. The van der Waals surface area contributed by atoms with Crippen LogP contribution in [0.3, 0.4) is 0 Å². The number of nitro groups is 1. The molecule has 0 radical (unpaired) electrons. The maximum atomic E-state index is 12.4. The Balaban J connectivity index is 0.00000110. The summed E-state index contributed by atoms with van der Waals surface area (Å²) in [6, 6.07) is 7.82. The van der Waals surface area contributed by atoms with Crippen LogP contribution in [-0.4, -0.2) is 45.3 Å². The highest BCUT2D eigenvalue weighted by Gasteiger charge is 2.26. The lowest BCUT2D eigenvalue weighted by molar-refractivity contribution is -0.385. The van der Waals surface area contributed by atoms with Gasteiger partial charge in [0.1, 0.15) is 0 Å². The number of nitrogens with zero attached hydrogens (tertiary/aromatic N) is 2. The van der Waals surface area contributed by atoms with Crippen LogP contribution >= 0.6 is 0 Å². The summed E-state index contributed by atoms with van der Waals surface area (Å²) in [5.74, 6) is -0.334. The van der Waals surface area contributed by atoms with Gasteiger partial charge in [-0.05, 0) is 18.1 Å². The summed E-state index contributed by atoms with van der Waals surface area (Å²) < 4.78 is 0. The maximum absolute atomic E-state index is 12.4. The van der Waals surface area contributed by atoms with E-state index in [2.05, 4.69) is 36.4 Å². The molecule has 0 aliphatic rings. The highest BCUT2D eigenvalue weighted by Crippen LogP contribution is 2.27. The lowest BCUT2D eigenvalue weighted by atomic mass is 9.92. The molecule has 1 aromatic carbocycles. The molecule has 11 heteroatoms. The predicted octanol–water partition coefficient (Wildman–Crippen LogP) is 1.64. The highest BCUT2D eigenvalue weighted by molar-refractivity contribution is 6.41. The monoisotopic (exact) mass is 430 g/mol. The second kappa shape index (κ2) is 13.1. The normalized spacial score (nSPS) is 11.0. The number of amides is 2. The van der Waals surface area contributed by atoms with Gasteiger partial charge in [0.15, 0.2) is 0 Å². The van der Waals surface area contributed by atoms with Crippen molar-refractivity contribution < 1.29 is 24.6 Å². The second-order valence-electron chi connectivity index (χ2n) is 7.30. The molecule has 2 rings (SSSR count). The molecule has 0 saturated heterocycles. The van der Waals surface area contributed by atoms with Crippen LogP contribution in [0.4, 0.5) is 5.69 Å². The lowest BCUT2D eigenvalue weighted by Gasteiger charge is -2.19. The fourth-order valence-electron chi connectivity index (χ4n) is 2.39. The molecule has 0 spiro atoms. The van der Waals surface area contributed by atoms with E-state index in [0.717, 1.165) is 5.92 Å². The van der Waals surface area contributed by atoms with Crippen molar-refractivity contribution in [2.75, 3.05) is 6.44 Å². The van der Waals surface area contributed by atoms with E-state index in [-0.39, 0.29) is 23.2 Å². The van der Waals surface area contributed by atoms with Gasteiger partial charge in [0.25, 0.3) is 11.6 Å². The van der Waals surface area contributed by atoms with E-state index in [1.54, 1.807) is 12.1 Å². The summed E-state index contributed by atoms with van der Waals surface area (Å²) in [5, 5.41) is 33.8. The number of benzene rings is 1. The van der Waals surface area contributed by atoms with Crippen molar-refractivity contribution in [2.45, 2.75) is 33.2 Å². The molecule has 1 unspecified atom stereocenters. The molecular formula is C20H27BN4O6. The quantitative estimate of drug-likeness (QED) is 0.282. The minimum Gasteiger partial charge on any atom is -0.426 e. The van der Waals surface area contributed by atoms with Crippen LogP contribution < -0.4 is 10.6 Å². The van der Waals surface area contributed by atoms with Crippen LogP contribution in [0, 0.1) is 16.0 Å². The van der Waals surface area contributed by atoms with Gasteiger partial charge >= 0.3 is 7.12 Å². The second-order valence-corrected chi connectivity index (χ2v) is 7.30. The largest absolute Gasteiger partial charge is 0.472 e. The van der Waals surface area contributed by atoms with Crippen LogP contribution in [0.1, 0.15) is 49.2 Å². The number of nitro benzene ring substituents is 1. The number of para-hydroxylation sites is 1. The Bertz CT molecular complexity index is 861. The highest BCUT2D eigenvalue weighted by atomic mass is 16.6. The Morgan fingerprint density at radius 1 is 1.16 bits per heavy atom. The molecule has 166 valence electrons. The predicted molar refractivity (Wildman–Crippen MR) is 116 cm³/mol. The maximum Gasteiger partial charge on any atom is 0.472 e. The average molecular weight is 430 g/mol. The first-order valence-electron chi connectivity index (χ1n) is 9.68. The Labute approximate surface area is 181 Å². The van der Waals surface area contributed by atoms with E-state index in [1.165, 1.54) is 36.7 Å². The number of aromatic nitrogens is 1. The summed E-state index contributed by atoms with van der Waals surface area (Å²) in [5.41, 5.74) is 0.135. The first-order chi connectivity index (χ1) is 14.6. The number of carbonyl (C=O) groups is 2. The molecule has 10 nitrogen and oxygen atoms in total. The van der Waals surface area contributed by atoms with Crippen molar-refractivity contribution in [2.24, 2.45) is 5.92 Å². The number of pyridine rings is 1. The number of hydrogen-bond acceptors (Lipinski definition) is 7. The molecule has 0 fully saturated rings. The first kappa shape index (κ1) is 25.7. The molecule has 0 aliphatic carbocycles. The topological polar surface area (TPSA) is 155 Å². The summed E-state index contributed by atoms with van der Waals surface area (Å²) in [6.07, 6.45) is 2.08. The SMILES string of the molecule is CC(C)C.O=C(CC(NC(=O)c1cccnc1)c1ccccc1[N+](=O)[O-])NCB(O)O. The fourth-order valence-corrected chi connectivity index (χ4v) is 2.39. The van der Waals surface area contributed by atoms with Crippen LogP contribution in [0.15, 0.2) is 48.8 Å². The third-order valence-electron chi connectivity index (χ3n) is 3.61. The molecule has 1 aromatic heterocycles. The minimum absolute atomic E-state index is 0.152. The van der Waals surface area contributed by atoms with Crippen molar-refractivity contribution in [3.63, 3.8) is 0 Å². The van der Waals surface area contributed by atoms with Gasteiger partial charge in [-0.25, -0.2) is 0 Å². The molecule has 0 saturated carbocycles. The molecule has 4 N–H and O–H groups in total. The molecule has 1 atom stereocenters.